The third kappa shape index (κ3) is 8.24. The molecule has 4 nitrogen and oxygen atoms in total. The van der Waals surface area contributed by atoms with Gasteiger partial charge in [-0.1, -0.05) is 46.5 Å². The number of nitrogens with one attached hydrogen (secondary N) is 2. The lowest BCUT2D eigenvalue weighted by Gasteiger charge is -2.10. The van der Waals surface area contributed by atoms with Gasteiger partial charge in [-0.3, -0.25) is 0 Å². The number of rotatable bonds is 11. The maximum Gasteiger partial charge on any atom is 0.224 e. The predicted molar refractivity (Wildman–Crippen MR) is 94.9 cm³/mol. The van der Waals surface area contributed by atoms with Gasteiger partial charge in [0.05, 0.1) is 4.47 Å². The van der Waals surface area contributed by atoms with Crippen LogP contribution in [-0.2, 0) is 0 Å². The van der Waals surface area contributed by atoms with Crippen molar-refractivity contribution in [1.29, 1.82) is 0 Å². The highest BCUT2D eigenvalue weighted by Crippen LogP contribution is 2.20. The molecule has 0 fully saturated rings. The number of aromatic nitrogens is 2. The second kappa shape index (κ2) is 10.8. The highest BCUT2D eigenvalue weighted by atomic mass is 79.9. The summed E-state index contributed by atoms with van der Waals surface area (Å²) >= 11 is 3.49. The van der Waals surface area contributed by atoms with Crippen LogP contribution in [0.4, 0.5) is 11.8 Å². The molecule has 120 valence electrons. The van der Waals surface area contributed by atoms with Gasteiger partial charge in [-0.2, -0.15) is 4.98 Å². The van der Waals surface area contributed by atoms with Crippen molar-refractivity contribution in [3.05, 3.63) is 10.7 Å². The zero-order chi connectivity index (χ0) is 15.5. The van der Waals surface area contributed by atoms with Crippen LogP contribution in [0.15, 0.2) is 10.7 Å². The van der Waals surface area contributed by atoms with E-state index in [4.69, 9.17) is 0 Å². The zero-order valence-electron chi connectivity index (χ0n) is 13.6. The Morgan fingerprint density at radius 2 is 1.86 bits per heavy atom. The van der Waals surface area contributed by atoms with Gasteiger partial charge >= 0.3 is 0 Å². The molecule has 0 saturated carbocycles. The van der Waals surface area contributed by atoms with E-state index in [1.165, 1.54) is 32.1 Å². The minimum Gasteiger partial charge on any atom is -0.369 e. The van der Waals surface area contributed by atoms with E-state index in [-0.39, 0.29) is 0 Å². The van der Waals surface area contributed by atoms with Gasteiger partial charge in [-0.15, -0.1) is 0 Å². The normalized spacial score (nSPS) is 10.9. The summed E-state index contributed by atoms with van der Waals surface area (Å²) in [5, 5.41) is 6.60. The molecule has 1 aromatic heterocycles. The lowest BCUT2D eigenvalue weighted by atomic mass is 10.0. The molecule has 0 spiro atoms. The molecule has 0 unspecified atom stereocenters. The quantitative estimate of drug-likeness (QED) is 0.542. The van der Waals surface area contributed by atoms with Crippen molar-refractivity contribution in [3.8, 4) is 0 Å². The third-order valence-electron chi connectivity index (χ3n) is 3.28. The van der Waals surface area contributed by atoms with Crippen molar-refractivity contribution >= 4 is 27.7 Å². The number of halogens is 1. The fourth-order valence-corrected chi connectivity index (χ4v) is 2.38. The van der Waals surface area contributed by atoms with Crippen molar-refractivity contribution in [2.75, 3.05) is 23.7 Å². The standard InChI is InChI=1S/C16H29BrN4/c1-4-10-19-16-20-12-14(17)15(21-16)18-11-8-6-5-7-9-13(2)3/h12-13H,4-11H2,1-3H3,(H2,18,19,20,21). The molecule has 1 heterocycles. The van der Waals surface area contributed by atoms with Crippen molar-refractivity contribution < 1.29 is 0 Å². The van der Waals surface area contributed by atoms with Crippen LogP contribution in [0.25, 0.3) is 0 Å². The Kier molecular flexibility index (Phi) is 9.39. The maximum absolute atomic E-state index is 4.49. The van der Waals surface area contributed by atoms with Crippen LogP contribution in [0.3, 0.4) is 0 Å². The van der Waals surface area contributed by atoms with Gasteiger partial charge in [0.25, 0.3) is 0 Å². The number of hydrogen-bond donors (Lipinski definition) is 2. The van der Waals surface area contributed by atoms with Crippen molar-refractivity contribution in [2.45, 2.75) is 59.3 Å². The molecule has 0 aromatic carbocycles. The van der Waals surface area contributed by atoms with Gasteiger partial charge in [0.1, 0.15) is 5.82 Å². The number of hydrogen-bond acceptors (Lipinski definition) is 4. The van der Waals surface area contributed by atoms with E-state index in [0.717, 1.165) is 35.7 Å². The van der Waals surface area contributed by atoms with E-state index in [0.29, 0.717) is 5.95 Å². The van der Waals surface area contributed by atoms with Gasteiger partial charge in [-0.25, -0.2) is 4.98 Å². The van der Waals surface area contributed by atoms with Gasteiger partial charge in [0.15, 0.2) is 0 Å². The molecule has 2 N–H and O–H groups in total. The van der Waals surface area contributed by atoms with Crippen LogP contribution in [0.1, 0.15) is 59.3 Å². The molecule has 1 aromatic rings. The van der Waals surface area contributed by atoms with Crippen LogP contribution in [0.5, 0.6) is 0 Å². The van der Waals surface area contributed by atoms with Crippen LogP contribution in [0, 0.1) is 5.92 Å². The van der Waals surface area contributed by atoms with Gasteiger partial charge in [0, 0.05) is 19.3 Å². The highest BCUT2D eigenvalue weighted by Gasteiger charge is 2.04. The molecular weight excluding hydrogens is 328 g/mol. The van der Waals surface area contributed by atoms with E-state index < -0.39 is 0 Å². The summed E-state index contributed by atoms with van der Waals surface area (Å²) in [6, 6.07) is 0. The predicted octanol–water partition coefficient (Wildman–Crippen LogP) is 5.08. The molecule has 1 rings (SSSR count). The van der Waals surface area contributed by atoms with E-state index in [9.17, 15) is 0 Å². The molecule has 0 saturated heterocycles. The van der Waals surface area contributed by atoms with E-state index in [1.54, 1.807) is 6.20 Å². The Morgan fingerprint density at radius 1 is 1.10 bits per heavy atom. The van der Waals surface area contributed by atoms with Gasteiger partial charge in [-0.05, 0) is 34.7 Å². The summed E-state index contributed by atoms with van der Waals surface area (Å²) in [7, 11) is 0. The third-order valence-corrected chi connectivity index (χ3v) is 3.86. The average Bonchev–Trinajstić information content (AvgIpc) is 2.46. The lowest BCUT2D eigenvalue weighted by molar-refractivity contribution is 0.523. The zero-order valence-corrected chi connectivity index (χ0v) is 15.2. The van der Waals surface area contributed by atoms with Crippen molar-refractivity contribution in [1.82, 2.24) is 9.97 Å². The molecule has 0 aliphatic heterocycles. The van der Waals surface area contributed by atoms with Crippen LogP contribution >= 0.6 is 15.9 Å². The molecular formula is C16H29BrN4. The van der Waals surface area contributed by atoms with Crippen LogP contribution in [0.2, 0.25) is 0 Å². The SMILES string of the molecule is CCCNc1ncc(Br)c(NCCCCCCC(C)C)n1. The van der Waals surface area contributed by atoms with E-state index in [1.807, 2.05) is 0 Å². The maximum atomic E-state index is 4.49. The van der Waals surface area contributed by atoms with Gasteiger partial charge in [0.2, 0.25) is 5.95 Å². The monoisotopic (exact) mass is 356 g/mol. The molecule has 0 radical (unpaired) electrons. The Labute approximate surface area is 137 Å². The molecule has 5 heteroatoms. The first kappa shape index (κ1) is 18.2. The first-order chi connectivity index (χ1) is 10.1. The summed E-state index contributed by atoms with van der Waals surface area (Å²) in [5.41, 5.74) is 0. The molecule has 0 aliphatic carbocycles. The Balaban J connectivity index is 2.24. The first-order valence-electron chi connectivity index (χ1n) is 8.13. The highest BCUT2D eigenvalue weighted by molar-refractivity contribution is 9.10. The summed E-state index contributed by atoms with van der Waals surface area (Å²) in [4.78, 5) is 8.74. The Hall–Kier alpha value is -0.840. The average molecular weight is 357 g/mol. The number of nitrogens with zero attached hydrogens (tertiary/aromatic N) is 2. The number of anilines is 2. The summed E-state index contributed by atoms with van der Waals surface area (Å²) < 4.78 is 0.921. The fraction of sp³-hybridized carbons (Fsp3) is 0.750. The topological polar surface area (TPSA) is 49.8 Å². The van der Waals surface area contributed by atoms with Crippen LogP contribution < -0.4 is 10.6 Å². The Morgan fingerprint density at radius 3 is 2.57 bits per heavy atom. The van der Waals surface area contributed by atoms with Crippen molar-refractivity contribution in [3.63, 3.8) is 0 Å². The smallest absolute Gasteiger partial charge is 0.224 e. The van der Waals surface area contributed by atoms with Crippen molar-refractivity contribution in [2.24, 2.45) is 5.92 Å². The number of unbranched alkanes of at least 4 members (excludes halogenated alkanes) is 3. The minimum atomic E-state index is 0.694. The summed E-state index contributed by atoms with van der Waals surface area (Å²) in [6.07, 6.45) is 9.36. The lowest BCUT2D eigenvalue weighted by Crippen LogP contribution is -2.09. The molecule has 0 amide bonds. The fourth-order valence-electron chi connectivity index (χ4n) is 2.05. The molecule has 0 aliphatic rings. The van der Waals surface area contributed by atoms with E-state index in [2.05, 4.69) is 57.3 Å². The van der Waals surface area contributed by atoms with Crippen LogP contribution in [-0.4, -0.2) is 23.1 Å². The van der Waals surface area contributed by atoms with Gasteiger partial charge < -0.3 is 10.6 Å². The molecule has 21 heavy (non-hydrogen) atoms. The van der Waals surface area contributed by atoms with E-state index >= 15 is 0 Å². The largest absolute Gasteiger partial charge is 0.369 e. The summed E-state index contributed by atoms with van der Waals surface area (Å²) in [5.74, 6) is 2.40. The summed E-state index contributed by atoms with van der Waals surface area (Å²) in [6.45, 7) is 8.57. The second-order valence-corrected chi connectivity index (χ2v) is 6.69. The second-order valence-electron chi connectivity index (χ2n) is 5.84. The first-order valence-corrected chi connectivity index (χ1v) is 8.93. The minimum absolute atomic E-state index is 0.694. The molecule has 0 bridgehead atoms. The Bertz CT molecular complexity index is 396. The molecule has 0 atom stereocenters.